The highest BCUT2D eigenvalue weighted by molar-refractivity contribution is 7.99. The van der Waals surface area contributed by atoms with Gasteiger partial charge in [0.25, 0.3) is 0 Å². The molecule has 100 valence electrons. The van der Waals surface area contributed by atoms with Crippen LogP contribution in [0.4, 0.5) is 11.6 Å². The van der Waals surface area contributed by atoms with Gasteiger partial charge in [0.15, 0.2) is 0 Å². The standard InChI is InChI=1S/C11H20N6S/c1-9-14-10(8-11(15-9)16-12)13-2-3-17-4-6-18-7-5-17/h8H,2-7,12H2,1H3,(H2,13,14,15,16). The first-order valence-electron chi connectivity index (χ1n) is 6.14. The second kappa shape index (κ2) is 6.77. The van der Waals surface area contributed by atoms with E-state index in [2.05, 4.69) is 25.6 Å². The number of nitrogen functional groups attached to an aromatic ring is 1. The predicted octanol–water partition coefficient (Wildman–Crippen LogP) is 0.531. The Morgan fingerprint density at radius 3 is 2.78 bits per heavy atom. The van der Waals surface area contributed by atoms with Crippen molar-refractivity contribution < 1.29 is 0 Å². The quantitative estimate of drug-likeness (QED) is 0.531. The molecule has 4 N–H and O–H groups in total. The molecule has 0 aromatic carbocycles. The SMILES string of the molecule is Cc1nc(NN)cc(NCCN2CCSCC2)n1. The maximum atomic E-state index is 5.35. The van der Waals surface area contributed by atoms with Crippen LogP contribution in [0.15, 0.2) is 6.07 Å². The highest BCUT2D eigenvalue weighted by Gasteiger charge is 2.09. The van der Waals surface area contributed by atoms with Crippen LogP contribution in [0, 0.1) is 6.92 Å². The van der Waals surface area contributed by atoms with Gasteiger partial charge in [-0.05, 0) is 6.92 Å². The Balaban J connectivity index is 1.80. The minimum absolute atomic E-state index is 0.638. The number of nitrogens with zero attached hydrogens (tertiary/aromatic N) is 3. The Kier molecular flexibility index (Phi) is 5.03. The monoisotopic (exact) mass is 268 g/mol. The third-order valence-corrected chi connectivity index (χ3v) is 3.77. The lowest BCUT2D eigenvalue weighted by Gasteiger charge is -2.26. The lowest BCUT2D eigenvalue weighted by Crippen LogP contribution is -2.36. The van der Waals surface area contributed by atoms with Gasteiger partial charge in [-0.2, -0.15) is 11.8 Å². The fraction of sp³-hybridized carbons (Fsp3) is 0.636. The van der Waals surface area contributed by atoms with E-state index in [1.807, 2.05) is 24.8 Å². The molecule has 0 amide bonds. The van der Waals surface area contributed by atoms with Crippen LogP contribution < -0.4 is 16.6 Å². The molecule has 0 radical (unpaired) electrons. The highest BCUT2D eigenvalue weighted by atomic mass is 32.2. The number of thioether (sulfide) groups is 1. The Morgan fingerprint density at radius 1 is 1.33 bits per heavy atom. The zero-order valence-corrected chi connectivity index (χ0v) is 11.5. The van der Waals surface area contributed by atoms with Gasteiger partial charge >= 0.3 is 0 Å². The van der Waals surface area contributed by atoms with Crippen LogP contribution in [0.5, 0.6) is 0 Å². The molecule has 0 aliphatic carbocycles. The van der Waals surface area contributed by atoms with Gasteiger partial charge in [0.2, 0.25) is 0 Å². The maximum absolute atomic E-state index is 5.35. The largest absolute Gasteiger partial charge is 0.369 e. The zero-order valence-electron chi connectivity index (χ0n) is 10.6. The second-order valence-corrected chi connectivity index (χ2v) is 5.44. The van der Waals surface area contributed by atoms with Crippen molar-refractivity contribution in [3.63, 3.8) is 0 Å². The molecule has 1 aromatic rings. The van der Waals surface area contributed by atoms with Crippen molar-refractivity contribution in [2.24, 2.45) is 5.84 Å². The number of nitrogens with one attached hydrogen (secondary N) is 2. The molecule has 0 spiro atoms. The fourth-order valence-electron chi connectivity index (χ4n) is 1.90. The van der Waals surface area contributed by atoms with Crippen LogP contribution >= 0.6 is 11.8 Å². The minimum atomic E-state index is 0.638. The van der Waals surface area contributed by atoms with Gasteiger partial charge < -0.3 is 10.7 Å². The highest BCUT2D eigenvalue weighted by Crippen LogP contribution is 2.11. The molecule has 7 heteroatoms. The van der Waals surface area contributed by atoms with Gasteiger partial charge in [-0.15, -0.1) is 0 Å². The summed E-state index contributed by atoms with van der Waals surface area (Å²) in [5, 5.41) is 3.31. The van der Waals surface area contributed by atoms with Crippen molar-refractivity contribution in [2.45, 2.75) is 6.92 Å². The molecule has 0 bridgehead atoms. The summed E-state index contributed by atoms with van der Waals surface area (Å²) in [6.07, 6.45) is 0. The predicted molar refractivity (Wildman–Crippen MR) is 76.8 cm³/mol. The van der Waals surface area contributed by atoms with Crippen LogP contribution in [0.25, 0.3) is 0 Å². The van der Waals surface area contributed by atoms with Gasteiger partial charge in [0.1, 0.15) is 17.5 Å². The molecule has 2 heterocycles. The molecule has 1 aliphatic rings. The minimum Gasteiger partial charge on any atom is -0.369 e. The molecule has 0 unspecified atom stereocenters. The van der Waals surface area contributed by atoms with Crippen LogP contribution in [0.3, 0.4) is 0 Å². The smallest absolute Gasteiger partial charge is 0.145 e. The molecule has 1 saturated heterocycles. The Hall–Kier alpha value is -1.05. The number of rotatable bonds is 5. The van der Waals surface area contributed by atoms with Gasteiger partial charge in [-0.1, -0.05) is 0 Å². The van der Waals surface area contributed by atoms with E-state index in [0.717, 1.165) is 18.9 Å². The van der Waals surface area contributed by atoms with E-state index in [4.69, 9.17) is 5.84 Å². The summed E-state index contributed by atoms with van der Waals surface area (Å²) in [4.78, 5) is 10.9. The lowest BCUT2D eigenvalue weighted by molar-refractivity contribution is 0.314. The van der Waals surface area contributed by atoms with E-state index in [9.17, 15) is 0 Å². The van der Waals surface area contributed by atoms with E-state index in [-0.39, 0.29) is 0 Å². The van der Waals surface area contributed by atoms with Crippen molar-refractivity contribution in [1.82, 2.24) is 14.9 Å². The molecule has 1 aliphatic heterocycles. The van der Waals surface area contributed by atoms with E-state index < -0.39 is 0 Å². The van der Waals surface area contributed by atoms with E-state index >= 15 is 0 Å². The number of anilines is 2. The number of hydrogen-bond donors (Lipinski definition) is 3. The molecule has 18 heavy (non-hydrogen) atoms. The van der Waals surface area contributed by atoms with Gasteiger partial charge in [0, 0.05) is 43.8 Å². The molecule has 0 atom stereocenters. The first-order chi connectivity index (χ1) is 8.78. The molecular formula is C11H20N6S. The van der Waals surface area contributed by atoms with Crippen LogP contribution in [0.1, 0.15) is 5.82 Å². The zero-order chi connectivity index (χ0) is 12.8. The molecule has 2 rings (SSSR count). The van der Waals surface area contributed by atoms with Crippen molar-refractivity contribution in [3.8, 4) is 0 Å². The number of hydrazine groups is 1. The van der Waals surface area contributed by atoms with E-state index in [1.165, 1.54) is 24.6 Å². The van der Waals surface area contributed by atoms with Crippen LogP contribution in [-0.4, -0.2) is 52.6 Å². The number of nitrogens with two attached hydrogens (primary N) is 1. The first-order valence-corrected chi connectivity index (χ1v) is 7.29. The van der Waals surface area contributed by atoms with E-state index in [1.54, 1.807) is 0 Å². The van der Waals surface area contributed by atoms with Crippen molar-refractivity contribution in [2.75, 3.05) is 48.4 Å². The molecule has 6 nitrogen and oxygen atoms in total. The second-order valence-electron chi connectivity index (χ2n) is 4.21. The lowest BCUT2D eigenvalue weighted by atomic mass is 10.4. The summed E-state index contributed by atoms with van der Waals surface area (Å²) in [5.74, 6) is 10.0. The summed E-state index contributed by atoms with van der Waals surface area (Å²) in [6, 6.07) is 1.82. The van der Waals surface area contributed by atoms with Crippen LogP contribution in [0.2, 0.25) is 0 Å². The normalized spacial score (nSPS) is 16.6. The summed E-state index contributed by atoms with van der Waals surface area (Å²) in [5.41, 5.74) is 2.54. The van der Waals surface area contributed by atoms with Crippen LogP contribution in [-0.2, 0) is 0 Å². The van der Waals surface area contributed by atoms with Gasteiger partial charge in [-0.3, -0.25) is 4.90 Å². The maximum Gasteiger partial charge on any atom is 0.145 e. The van der Waals surface area contributed by atoms with E-state index in [0.29, 0.717) is 11.6 Å². The average Bonchev–Trinajstić information content (AvgIpc) is 2.39. The third kappa shape index (κ3) is 4.01. The topological polar surface area (TPSA) is 79.1 Å². The van der Waals surface area contributed by atoms with Crippen molar-refractivity contribution >= 4 is 23.4 Å². The Labute approximate surface area is 112 Å². The summed E-state index contributed by atoms with van der Waals surface area (Å²) in [7, 11) is 0. The van der Waals surface area contributed by atoms with Crippen molar-refractivity contribution in [3.05, 3.63) is 11.9 Å². The third-order valence-electron chi connectivity index (χ3n) is 2.82. The summed E-state index contributed by atoms with van der Waals surface area (Å²) < 4.78 is 0. The summed E-state index contributed by atoms with van der Waals surface area (Å²) >= 11 is 2.03. The summed E-state index contributed by atoms with van der Waals surface area (Å²) in [6.45, 7) is 6.17. The average molecular weight is 268 g/mol. The first kappa shape index (κ1) is 13.4. The molecule has 0 saturated carbocycles. The molecule has 1 aromatic heterocycles. The van der Waals surface area contributed by atoms with Gasteiger partial charge in [0.05, 0.1) is 0 Å². The number of aryl methyl sites for hydroxylation is 1. The number of aromatic nitrogens is 2. The Bertz CT molecular complexity index is 380. The number of hydrogen-bond acceptors (Lipinski definition) is 7. The molecular weight excluding hydrogens is 248 g/mol. The van der Waals surface area contributed by atoms with Gasteiger partial charge in [-0.25, -0.2) is 15.8 Å². The molecule has 1 fully saturated rings. The Morgan fingerprint density at radius 2 is 2.06 bits per heavy atom. The fourth-order valence-corrected chi connectivity index (χ4v) is 2.88. The van der Waals surface area contributed by atoms with Crippen molar-refractivity contribution in [1.29, 1.82) is 0 Å².